The second kappa shape index (κ2) is 11.3. The van der Waals surface area contributed by atoms with Crippen LogP contribution in [0.5, 0.6) is 0 Å². The molecule has 2 aromatic rings. The maximum atomic E-state index is 13.9. The molecular formula is C27H37N5O5. The molecule has 0 radical (unpaired) electrons. The van der Waals surface area contributed by atoms with Crippen LogP contribution in [0.4, 0.5) is 0 Å². The van der Waals surface area contributed by atoms with E-state index in [4.69, 9.17) is 5.73 Å². The highest BCUT2D eigenvalue weighted by Crippen LogP contribution is 2.27. The molecule has 2 saturated heterocycles. The Morgan fingerprint density at radius 1 is 1.08 bits per heavy atom. The number of nitrogens with zero attached hydrogens (tertiary/aromatic N) is 2. The minimum absolute atomic E-state index is 0.215. The molecule has 1 aromatic carbocycles. The lowest BCUT2D eigenvalue weighted by molar-refractivity contribution is -0.152. The summed E-state index contributed by atoms with van der Waals surface area (Å²) in [6, 6.07) is 4.47. The zero-order valence-corrected chi connectivity index (χ0v) is 21.5. The number of fused-ring (bicyclic) bond motifs is 1. The van der Waals surface area contributed by atoms with E-state index in [-0.39, 0.29) is 24.2 Å². The van der Waals surface area contributed by atoms with Crippen LogP contribution < -0.4 is 11.1 Å². The Labute approximate surface area is 216 Å². The molecular weight excluding hydrogens is 474 g/mol. The van der Waals surface area contributed by atoms with Crippen molar-refractivity contribution in [3.8, 4) is 0 Å². The van der Waals surface area contributed by atoms with Crippen LogP contribution in [0.25, 0.3) is 10.9 Å². The number of likely N-dealkylation sites (tertiary alicyclic amines) is 2. The monoisotopic (exact) mass is 511 g/mol. The molecule has 3 heterocycles. The largest absolute Gasteiger partial charge is 0.480 e. The number of aromatic amines is 1. The Balaban J connectivity index is 1.57. The van der Waals surface area contributed by atoms with Gasteiger partial charge in [0.1, 0.15) is 18.1 Å². The topological polar surface area (TPSA) is 149 Å². The molecule has 0 bridgehead atoms. The Hall–Kier alpha value is -3.40. The van der Waals surface area contributed by atoms with Gasteiger partial charge in [-0.15, -0.1) is 0 Å². The third-order valence-electron chi connectivity index (χ3n) is 7.42. The van der Waals surface area contributed by atoms with Gasteiger partial charge in [0.05, 0.1) is 6.04 Å². The molecule has 37 heavy (non-hydrogen) atoms. The highest BCUT2D eigenvalue weighted by Gasteiger charge is 2.43. The number of hydrogen-bond acceptors (Lipinski definition) is 5. The van der Waals surface area contributed by atoms with Crippen molar-refractivity contribution in [2.24, 2.45) is 11.7 Å². The van der Waals surface area contributed by atoms with Gasteiger partial charge < -0.3 is 30.9 Å². The minimum Gasteiger partial charge on any atom is -0.480 e. The molecule has 3 amide bonds. The Bertz CT molecular complexity index is 1160. The van der Waals surface area contributed by atoms with E-state index in [1.54, 1.807) is 0 Å². The quantitative estimate of drug-likeness (QED) is 0.402. The number of carbonyl (C=O) groups is 4. The number of rotatable bonds is 9. The molecule has 0 spiro atoms. The van der Waals surface area contributed by atoms with Crippen LogP contribution >= 0.6 is 0 Å². The van der Waals surface area contributed by atoms with Crippen molar-refractivity contribution in [3.05, 3.63) is 36.0 Å². The zero-order valence-electron chi connectivity index (χ0n) is 21.5. The van der Waals surface area contributed by atoms with Crippen molar-refractivity contribution >= 4 is 34.6 Å². The number of carboxylic acid groups (broad SMARTS) is 1. The number of benzene rings is 1. The van der Waals surface area contributed by atoms with Crippen molar-refractivity contribution in [3.63, 3.8) is 0 Å². The van der Waals surface area contributed by atoms with Gasteiger partial charge >= 0.3 is 5.97 Å². The summed E-state index contributed by atoms with van der Waals surface area (Å²) in [5.41, 5.74) is 7.93. The number of H-pyrrole nitrogens is 1. The Morgan fingerprint density at radius 2 is 1.76 bits per heavy atom. The van der Waals surface area contributed by atoms with E-state index in [1.807, 2.05) is 44.3 Å². The van der Waals surface area contributed by atoms with Gasteiger partial charge in [-0.2, -0.15) is 0 Å². The lowest BCUT2D eigenvalue weighted by atomic mass is 10.0. The summed E-state index contributed by atoms with van der Waals surface area (Å²) in [5, 5.41) is 13.4. The van der Waals surface area contributed by atoms with Crippen molar-refractivity contribution in [1.82, 2.24) is 20.1 Å². The molecule has 2 fully saturated rings. The highest BCUT2D eigenvalue weighted by molar-refractivity contribution is 5.95. The van der Waals surface area contributed by atoms with Crippen LogP contribution in [0, 0.1) is 5.92 Å². The van der Waals surface area contributed by atoms with E-state index < -0.39 is 36.0 Å². The number of aromatic nitrogens is 1. The summed E-state index contributed by atoms with van der Waals surface area (Å²) >= 11 is 0. The molecule has 2 aliphatic heterocycles. The SMILES string of the molecule is CC(C)CC(N)C(=O)NC(Cc1c[nH]c2ccccc12)C(=O)N1CCCC1C(=O)N1CCCC1C(=O)O. The lowest BCUT2D eigenvalue weighted by Crippen LogP contribution is -2.57. The summed E-state index contributed by atoms with van der Waals surface area (Å²) in [7, 11) is 0. The van der Waals surface area contributed by atoms with Gasteiger partial charge in [0, 0.05) is 36.6 Å². The third-order valence-corrected chi connectivity index (χ3v) is 7.42. The maximum absolute atomic E-state index is 13.9. The van der Waals surface area contributed by atoms with Crippen molar-refractivity contribution in [1.29, 1.82) is 0 Å². The number of hydrogen-bond donors (Lipinski definition) is 4. The average Bonchev–Trinajstić information content (AvgIpc) is 3.62. The van der Waals surface area contributed by atoms with Crippen molar-refractivity contribution < 1.29 is 24.3 Å². The maximum Gasteiger partial charge on any atom is 0.326 e. The fourth-order valence-corrected chi connectivity index (χ4v) is 5.58. The zero-order chi connectivity index (χ0) is 26.7. The fraction of sp³-hybridized carbons (Fsp3) is 0.556. The second-order valence-electron chi connectivity index (χ2n) is 10.6. The summed E-state index contributed by atoms with van der Waals surface area (Å²) in [6.45, 7) is 4.70. The van der Waals surface area contributed by atoms with Gasteiger partial charge in [-0.1, -0.05) is 32.0 Å². The van der Waals surface area contributed by atoms with E-state index in [0.717, 1.165) is 16.5 Å². The fourth-order valence-electron chi connectivity index (χ4n) is 5.58. The van der Waals surface area contributed by atoms with Crippen LogP contribution in [0.1, 0.15) is 51.5 Å². The summed E-state index contributed by atoms with van der Waals surface area (Å²) < 4.78 is 0. The first-order valence-corrected chi connectivity index (χ1v) is 13.1. The van der Waals surface area contributed by atoms with Crippen LogP contribution in [0.15, 0.2) is 30.5 Å². The number of aliphatic carboxylic acids is 1. The predicted molar refractivity (Wildman–Crippen MR) is 138 cm³/mol. The summed E-state index contributed by atoms with van der Waals surface area (Å²) in [6.07, 6.45) is 4.69. The van der Waals surface area contributed by atoms with Crippen LogP contribution in [-0.2, 0) is 25.6 Å². The molecule has 0 aliphatic carbocycles. The van der Waals surface area contributed by atoms with Gasteiger partial charge in [0.15, 0.2) is 0 Å². The van der Waals surface area contributed by atoms with Gasteiger partial charge in [0.25, 0.3) is 0 Å². The van der Waals surface area contributed by atoms with Gasteiger partial charge in [-0.3, -0.25) is 14.4 Å². The first-order chi connectivity index (χ1) is 17.7. The lowest BCUT2D eigenvalue weighted by Gasteiger charge is -2.32. The minimum atomic E-state index is -1.02. The van der Waals surface area contributed by atoms with E-state index in [2.05, 4.69) is 10.3 Å². The van der Waals surface area contributed by atoms with Crippen LogP contribution in [0.2, 0.25) is 0 Å². The molecule has 1 aromatic heterocycles. The highest BCUT2D eigenvalue weighted by atomic mass is 16.4. The average molecular weight is 512 g/mol. The summed E-state index contributed by atoms with van der Waals surface area (Å²) in [5.74, 6) is -1.89. The number of nitrogens with two attached hydrogens (primary N) is 1. The van der Waals surface area contributed by atoms with E-state index in [1.165, 1.54) is 9.80 Å². The molecule has 4 rings (SSSR count). The van der Waals surface area contributed by atoms with Gasteiger partial charge in [-0.25, -0.2) is 4.79 Å². The van der Waals surface area contributed by atoms with Gasteiger partial charge in [0.2, 0.25) is 17.7 Å². The molecule has 0 saturated carbocycles. The number of para-hydroxylation sites is 1. The van der Waals surface area contributed by atoms with E-state index in [9.17, 15) is 24.3 Å². The van der Waals surface area contributed by atoms with Crippen molar-refractivity contribution in [2.75, 3.05) is 13.1 Å². The first kappa shape index (κ1) is 26.7. The molecule has 10 nitrogen and oxygen atoms in total. The molecule has 4 atom stereocenters. The van der Waals surface area contributed by atoms with Crippen LogP contribution in [-0.4, -0.2) is 80.8 Å². The van der Waals surface area contributed by atoms with E-state index in [0.29, 0.717) is 45.2 Å². The first-order valence-electron chi connectivity index (χ1n) is 13.1. The molecule has 4 unspecified atom stereocenters. The molecule has 200 valence electrons. The van der Waals surface area contributed by atoms with Crippen molar-refractivity contribution in [2.45, 2.75) is 76.5 Å². The Kier molecular flexibility index (Phi) is 8.16. The van der Waals surface area contributed by atoms with Gasteiger partial charge in [-0.05, 0) is 49.7 Å². The third kappa shape index (κ3) is 5.79. The molecule has 5 N–H and O–H groups in total. The number of nitrogens with one attached hydrogen (secondary N) is 2. The predicted octanol–water partition coefficient (Wildman–Crippen LogP) is 1.64. The Morgan fingerprint density at radius 3 is 2.46 bits per heavy atom. The second-order valence-corrected chi connectivity index (χ2v) is 10.6. The normalized spacial score (nSPS) is 21.4. The number of carboxylic acids is 1. The number of carbonyl (C=O) groups excluding carboxylic acids is 3. The van der Waals surface area contributed by atoms with Crippen LogP contribution in [0.3, 0.4) is 0 Å². The van der Waals surface area contributed by atoms with E-state index >= 15 is 0 Å². The smallest absolute Gasteiger partial charge is 0.326 e. The molecule has 2 aliphatic rings. The number of amides is 3. The standard InChI is InChI=1S/C27H37N5O5/c1-16(2)13-19(28)24(33)30-21(14-17-15-29-20-8-4-3-7-18(17)20)25(34)31-11-5-9-22(31)26(35)32-12-6-10-23(32)27(36)37/h3-4,7-8,15-16,19,21-23,29H,5-6,9-14,28H2,1-2H3,(H,30,33)(H,36,37). The summed E-state index contributed by atoms with van der Waals surface area (Å²) in [4.78, 5) is 58.1. The molecule has 10 heteroatoms.